The Bertz CT molecular complexity index is 1380. The molecule has 1 amide bonds. The van der Waals surface area contributed by atoms with Crippen molar-refractivity contribution in [3.63, 3.8) is 0 Å². The van der Waals surface area contributed by atoms with E-state index in [4.69, 9.17) is 9.15 Å². The molecular weight excluding hydrogens is 434 g/mol. The molecule has 0 unspecified atom stereocenters. The quantitative estimate of drug-likeness (QED) is 0.279. The van der Waals surface area contributed by atoms with Gasteiger partial charge in [-0.2, -0.15) is 0 Å². The van der Waals surface area contributed by atoms with Crippen LogP contribution in [0.25, 0.3) is 27.7 Å². The maximum absolute atomic E-state index is 12.7. The molecule has 4 rings (SSSR count). The highest BCUT2D eigenvalue weighted by Crippen LogP contribution is 2.41. The Kier molecular flexibility index (Phi) is 7.40. The van der Waals surface area contributed by atoms with Crippen molar-refractivity contribution in [3.8, 4) is 16.9 Å². The van der Waals surface area contributed by atoms with Crippen LogP contribution in [0, 0.1) is 20.8 Å². The van der Waals surface area contributed by atoms with Crippen LogP contribution in [-0.4, -0.2) is 19.1 Å². The average Bonchev–Trinajstić information content (AvgIpc) is 3.25. The first-order chi connectivity index (χ1) is 16.9. The van der Waals surface area contributed by atoms with Crippen LogP contribution in [0.2, 0.25) is 0 Å². The first kappa shape index (κ1) is 24.3. The highest BCUT2D eigenvalue weighted by Gasteiger charge is 2.20. The lowest BCUT2D eigenvalue weighted by Crippen LogP contribution is -2.23. The molecule has 180 valence electrons. The van der Waals surface area contributed by atoms with Gasteiger partial charge in [-0.05, 0) is 69.4 Å². The monoisotopic (exact) mass is 467 g/mol. The van der Waals surface area contributed by atoms with Crippen LogP contribution >= 0.6 is 0 Å². The van der Waals surface area contributed by atoms with Crippen LogP contribution in [-0.2, 0) is 11.2 Å². The summed E-state index contributed by atoms with van der Waals surface area (Å²) in [6.45, 7) is 11.3. The summed E-state index contributed by atoms with van der Waals surface area (Å²) in [5.41, 5.74) is 9.32. The number of fused-ring (bicyclic) bond motifs is 1. The number of hydrogen-bond donors (Lipinski definition) is 1. The lowest BCUT2D eigenvalue weighted by Gasteiger charge is -2.15. The minimum atomic E-state index is -0.111. The van der Waals surface area contributed by atoms with Crippen molar-refractivity contribution in [1.29, 1.82) is 0 Å². The smallest absolute Gasteiger partial charge is 0.244 e. The molecule has 0 atom stereocenters. The number of amides is 1. The standard InChI is InChI=1S/C31H33NO3/c1-6-34-30-23(5)31-27(28(19-35-31)25-13-12-20(2)16-21(25)3)18-26(30)22(4)17-29(33)32-15-14-24-10-8-7-9-11-24/h7-13,16-19H,6,14-15H2,1-5H3,(H,32,33)/b22-17+. The van der Waals surface area contributed by atoms with Gasteiger partial charge in [-0.25, -0.2) is 0 Å². The molecule has 4 nitrogen and oxygen atoms in total. The molecule has 0 aliphatic rings. The molecule has 0 saturated carbocycles. The van der Waals surface area contributed by atoms with Crippen molar-refractivity contribution in [2.45, 2.75) is 41.0 Å². The fourth-order valence-corrected chi connectivity index (χ4v) is 4.56. The molecule has 4 aromatic rings. The first-order valence-corrected chi connectivity index (χ1v) is 12.1. The zero-order chi connectivity index (χ0) is 24.9. The highest BCUT2D eigenvalue weighted by atomic mass is 16.5. The number of ether oxygens (including phenoxy) is 1. The lowest BCUT2D eigenvalue weighted by atomic mass is 9.94. The second-order valence-corrected chi connectivity index (χ2v) is 9.01. The Morgan fingerprint density at radius 1 is 1.03 bits per heavy atom. The second kappa shape index (κ2) is 10.6. The molecule has 0 bridgehead atoms. The van der Waals surface area contributed by atoms with Gasteiger partial charge in [0.1, 0.15) is 11.3 Å². The first-order valence-electron chi connectivity index (χ1n) is 12.1. The van der Waals surface area contributed by atoms with Gasteiger partial charge in [-0.3, -0.25) is 4.79 Å². The predicted molar refractivity (Wildman–Crippen MR) is 144 cm³/mol. The van der Waals surface area contributed by atoms with Gasteiger partial charge in [-0.15, -0.1) is 0 Å². The fourth-order valence-electron chi connectivity index (χ4n) is 4.56. The minimum absolute atomic E-state index is 0.111. The van der Waals surface area contributed by atoms with Gasteiger partial charge < -0.3 is 14.5 Å². The van der Waals surface area contributed by atoms with Crippen molar-refractivity contribution < 1.29 is 13.9 Å². The topological polar surface area (TPSA) is 51.5 Å². The van der Waals surface area contributed by atoms with E-state index in [1.54, 1.807) is 6.08 Å². The second-order valence-electron chi connectivity index (χ2n) is 9.01. The molecule has 0 spiro atoms. The molecule has 3 aromatic carbocycles. The summed E-state index contributed by atoms with van der Waals surface area (Å²) in [7, 11) is 0. The van der Waals surface area contributed by atoms with Gasteiger partial charge in [0.15, 0.2) is 0 Å². The summed E-state index contributed by atoms with van der Waals surface area (Å²) < 4.78 is 12.1. The van der Waals surface area contributed by atoms with Crippen molar-refractivity contribution >= 4 is 22.4 Å². The van der Waals surface area contributed by atoms with Crippen LogP contribution in [0.4, 0.5) is 0 Å². The SMILES string of the molecule is CCOc1c(/C(C)=C/C(=O)NCCc2ccccc2)cc2c(-c3ccc(C)cc3C)coc2c1C. The van der Waals surface area contributed by atoms with Gasteiger partial charge >= 0.3 is 0 Å². The maximum Gasteiger partial charge on any atom is 0.244 e. The number of nitrogens with one attached hydrogen (secondary N) is 1. The predicted octanol–water partition coefficient (Wildman–Crippen LogP) is 7.19. The van der Waals surface area contributed by atoms with E-state index < -0.39 is 0 Å². The number of benzene rings is 3. The van der Waals surface area contributed by atoms with Crippen LogP contribution in [0.5, 0.6) is 5.75 Å². The number of rotatable bonds is 8. The summed E-state index contributed by atoms with van der Waals surface area (Å²) in [6.07, 6.45) is 4.28. The van der Waals surface area contributed by atoms with Crippen LogP contribution in [0.3, 0.4) is 0 Å². The molecule has 0 radical (unpaired) electrons. The van der Waals surface area contributed by atoms with Gasteiger partial charge in [0, 0.05) is 34.7 Å². The van der Waals surface area contributed by atoms with Crippen LogP contribution in [0.1, 0.15) is 41.7 Å². The molecule has 0 saturated heterocycles. The van der Waals surface area contributed by atoms with E-state index in [9.17, 15) is 4.79 Å². The van der Waals surface area contributed by atoms with Crippen molar-refractivity contribution in [2.75, 3.05) is 13.2 Å². The molecule has 35 heavy (non-hydrogen) atoms. The summed E-state index contributed by atoms with van der Waals surface area (Å²) in [5, 5.41) is 4.02. The third-order valence-corrected chi connectivity index (χ3v) is 6.33. The Hall–Kier alpha value is -3.79. The van der Waals surface area contributed by atoms with E-state index in [1.165, 1.54) is 16.7 Å². The number of allylic oxidation sites excluding steroid dienone is 1. The molecule has 1 N–H and O–H groups in total. The summed E-state index contributed by atoms with van der Waals surface area (Å²) in [4.78, 5) is 12.7. The molecule has 1 aromatic heterocycles. The van der Waals surface area contributed by atoms with E-state index in [0.717, 1.165) is 51.0 Å². The van der Waals surface area contributed by atoms with E-state index in [1.807, 2.05) is 45.2 Å². The van der Waals surface area contributed by atoms with Gasteiger partial charge in [0.2, 0.25) is 5.91 Å². The summed E-state index contributed by atoms with van der Waals surface area (Å²) >= 11 is 0. The normalized spacial score (nSPS) is 11.6. The Balaban J connectivity index is 1.68. The van der Waals surface area contributed by atoms with Crippen molar-refractivity contribution in [1.82, 2.24) is 5.32 Å². The molecular formula is C31H33NO3. The van der Waals surface area contributed by atoms with Gasteiger partial charge in [-0.1, -0.05) is 54.1 Å². The number of carbonyl (C=O) groups excluding carboxylic acids is 1. The fraction of sp³-hybridized carbons (Fsp3) is 0.258. The van der Waals surface area contributed by atoms with E-state index in [-0.39, 0.29) is 5.91 Å². The van der Waals surface area contributed by atoms with Crippen LogP contribution < -0.4 is 10.1 Å². The summed E-state index contributed by atoms with van der Waals surface area (Å²) in [5.74, 6) is 0.646. The molecule has 1 heterocycles. The molecule has 0 aliphatic heterocycles. The van der Waals surface area contributed by atoms with Crippen molar-refractivity contribution in [3.05, 3.63) is 94.8 Å². The Morgan fingerprint density at radius 2 is 1.80 bits per heavy atom. The molecule has 4 heteroatoms. The van der Waals surface area contributed by atoms with Crippen LogP contribution in [0.15, 0.2) is 71.4 Å². The third kappa shape index (κ3) is 5.32. The molecule has 0 fully saturated rings. The number of hydrogen-bond acceptors (Lipinski definition) is 3. The minimum Gasteiger partial charge on any atom is -0.493 e. The number of furan rings is 1. The third-order valence-electron chi connectivity index (χ3n) is 6.33. The van der Waals surface area contributed by atoms with Gasteiger partial charge in [0.05, 0.1) is 12.9 Å². The highest BCUT2D eigenvalue weighted by molar-refractivity contribution is 6.02. The van der Waals surface area contributed by atoms with E-state index in [2.05, 4.69) is 55.6 Å². The Morgan fingerprint density at radius 3 is 2.51 bits per heavy atom. The molecule has 0 aliphatic carbocycles. The lowest BCUT2D eigenvalue weighted by molar-refractivity contribution is -0.116. The largest absolute Gasteiger partial charge is 0.493 e. The zero-order valence-corrected chi connectivity index (χ0v) is 21.2. The number of aryl methyl sites for hydroxylation is 3. The van der Waals surface area contributed by atoms with Crippen molar-refractivity contribution in [2.24, 2.45) is 0 Å². The van der Waals surface area contributed by atoms with Gasteiger partial charge in [0.25, 0.3) is 0 Å². The van der Waals surface area contributed by atoms with E-state index >= 15 is 0 Å². The zero-order valence-electron chi connectivity index (χ0n) is 21.2. The maximum atomic E-state index is 12.7. The summed E-state index contributed by atoms with van der Waals surface area (Å²) in [6, 6.07) is 18.7. The number of carbonyl (C=O) groups is 1. The average molecular weight is 468 g/mol. The van der Waals surface area contributed by atoms with E-state index in [0.29, 0.717) is 13.2 Å². The Labute approximate surface area is 207 Å².